The third kappa shape index (κ3) is 3.64. The van der Waals surface area contributed by atoms with Crippen LogP contribution in [-0.2, 0) is 6.42 Å². The van der Waals surface area contributed by atoms with Crippen LogP contribution >= 0.6 is 0 Å². The van der Waals surface area contributed by atoms with Crippen molar-refractivity contribution in [1.82, 2.24) is 15.1 Å². The van der Waals surface area contributed by atoms with Crippen molar-refractivity contribution in [3.05, 3.63) is 53.3 Å². The van der Waals surface area contributed by atoms with E-state index in [2.05, 4.69) is 10.4 Å². The molecule has 0 aliphatic heterocycles. The van der Waals surface area contributed by atoms with E-state index in [0.29, 0.717) is 24.7 Å². The van der Waals surface area contributed by atoms with Crippen LogP contribution in [0.4, 0.5) is 0 Å². The summed E-state index contributed by atoms with van der Waals surface area (Å²) >= 11 is 0. The number of benzene rings is 1. The van der Waals surface area contributed by atoms with Crippen LogP contribution < -0.4 is 5.32 Å². The fourth-order valence-electron chi connectivity index (χ4n) is 3.20. The standard InChI is InChI=1S/C18H21N3O3/c22-17(16-9-11-20-21(16)15-6-1-2-7-15)19-10-8-13-4-3-5-14(12-13)18(23)24/h3-5,9,11-12,15H,1-2,6-8,10H2,(H,19,22)(H,23,24). The molecule has 1 heterocycles. The molecule has 0 bridgehead atoms. The Kier molecular flexibility index (Phi) is 4.93. The average molecular weight is 327 g/mol. The van der Waals surface area contributed by atoms with Crippen LogP contribution in [-0.4, -0.2) is 33.3 Å². The third-order valence-corrected chi connectivity index (χ3v) is 4.45. The fraction of sp³-hybridized carbons (Fsp3) is 0.389. The van der Waals surface area contributed by atoms with Crippen LogP contribution in [0, 0.1) is 0 Å². The van der Waals surface area contributed by atoms with Gasteiger partial charge in [-0.05, 0) is 43.0 Å². The van der Waals surface area contributed by atoms with Crippen molar-refractivity contribution in [3.63, 3.8) is 0 Å². The number of carboxylic acid groups (broad SMARTS) is 1. The lowest BCUT2D eigenvalue weighted by molar-refractivity contribution is 0.0696. The molecule has 2 N–H and O–H groups in total. The fourth-order valence-corrected chi connectivity index (χ4v) is 3.20. The van der Waals surface area contributed by atoms with E-state index in [1.165, 1.54) is 12.8 Å². The first-order chi connectivity index (χ1) is 11.6. The number of nitrogens with zero attached hydrogens (tertiary/aromatic N) is 2. The molecule has 1 fully saturated rings. The second-order valence-electron chi connectivity index (χ2n) is 6.11. The van der Waals surface area contributed by atoms with Gasteiger partial charge in [0.25, 0.3) is 5.91 Å². The van der Waals surface area contributed by atoms with E-state index in [9.17, 15) is 9.59 Å². The maximum Gasteiger partial charge on any atom is 0.335 e. The minimum Gasteiger partial charge on any atom is -0.478 e. The SMILES string of the molecule is O=C(O)c1cccc(CCNC(=O)c2ccnn2C2CCCC2)c1. The van der Waals surface area contributed by atoms with E-state index in [-0.39, 0.29) is 11.5 Å². The molecule has 3 rings (SSSR count). The van der Waals surface area contributed by atoms with Crippen LogP contribution in [0.15, 0.2) is 36.5 Å². The largest absolute Gasteiger partial charge is 0.478 e. The van der Waals surface area contributed by atoms with Gasteiger partial charge in [-0.25, -0.2) is 4.79 Å². The van der Waals surface area contributed by atoms with Gasteiger partial charge in [0.15, 0.2) is 0 Å². The van der Waals surface area contributed by atoms with Crippen molar-refractivity contribution < 1.29 is 14.7 Å². The van der Waals surface area contributed by atoms with Gasteiger partial charge in [-0.15, -0.1) is 0 Å². The average Bonchev–Trinajstić information content (AvgIpc) is 3.26. The maximum atomic E-state index is 12.4. The molecular formula is C18H21N3O3. The zero-order chi connectivity index (χ0) is 16.9. The van der Waals surface area contributed by atoms with E-state index in [0.717, 1.165) is 18.4 Å². The summed E-state index contributed by atoms with van der Waals surface area (Å²) in [7, 11) is 0. The smallest absolute Gasteiger partial charge is 0.335 e. The molecule has 1 aromatic carbocycles. The first-order valence-electron chi connectivity index (χ1n) is 8.29. The summed E-state index contributed by atoms with van der Waals surface area (Å²) in [4.78, 5) is 23.4. The van der Waals surface area contributed by atoms with Crippen molar-refractivity contribution in [3.8, 4) is 0 Å². The summed E-state index contributed by atoms with van der Waals surface area (Å²) in [5, 5.41) is 16.2. The molecule has 0 radical (unpaired) electrons. The van der Waals surface area contributed by atoms with Gasteiger partial charge in [0, 0.05) is 12.7 Å². The molecule has 1 aromatic heterocycles. The van der Waals surface area contributed by atoms with Gasteiger partial charge in [0.05, 0.1) is 11.6 Å². The first-order valence-corrected chi connectivity index (χ1v) is 8.29. The van der Waals surface area contributed by atoms with Crippen LogP contribution in [0.2, 0.25) is 0 Å². The normalized spacial score (nSPS) is 14.7. The van der Waals surface area contributed by atoms with Gasteiger partial charge in [-0.1, -0.05) is 25.0 Å². The monoisotopic (exact) mass is 327 g/mol. The van der Waals surface area contributed by atoms with E-state index in [4.69, 9.17) is 5.11 Å². The second kappa shape index (κ2) is 7.29. The minimum absolute atomic E-state index is 0.131. The minimum atomic E-state index is -0.943. The Morgan fingerprint density at radius 3 is 2.79 bits per heavy atom. The number of carbonyl (C=O) groups excluding carboxylic acids is 1. The molecule has 0 atom stereocenters. The summed E-state index contributed by atoms with van der Waals surface area (Å²) in [5.74, 6) is -1.07. The molecule has 24 heavy (non-hydrogen) atoms. The van der Waals surface area contributed by atoms with Gasteiger partial charge in [-0.2, -0.15) is 5.10 Å². The number of amides is 1. The highest BCUT2D eigenvalue weighted by Crippen LogP contribution is 2.29. The molecule has 1 amide bonds. The van der Waals surface area contributed by atoms with Gasteiger partial charge in [0.2, 0.25) is 0 Å². The molecule has 6 nitrogen and oxygen atoms in total. The van der Waals surface area contributed by atoms with E-state index in [1.54, 1.807) is 30.5 Å². The third-order valence-electron chi connectivity index (χ3n) is 4.45. The number of rotatable bonds is 6. The van der Waals surface area contributed by atoms with Gasteiger partial charge < -0.3 is 10.4 Å². The molecule has 126 valence electrons. The summed E-state index contributed by atoms with van der Waals surface area (Å²) < 4.78 is 1.84. The molecule has 0 unspecified atom stereocenters. The van der Waals surface area contributed by atoms with E-state index >= 15 is 0 Å². The summed E-state index contributed by atoms with van der Waals surface area (Å²) in [6, 6.07) is 8.85. The Morgan fingerprint density at radius 2 is 2.04 bits per heavy atom. The quantitative estimate of drug-likeness (QED) is 0.854. The highest BCUT2D eigenvalue weighted by molar-refractivity contribution is 5.92. The molecule has 0 saturated heterocycles. The van der Waals surface area contributed by atoms with Crippen molar-refractivity contribution >= 4 is 11.9 Å². The zero-order valence-electron chi connectivity index (χ0n) is 13.4. The molecule has 1 aliphatic carbocycles. The number of carboxylic acids is 1. The number of aromatic carboxylic acids is 1. The van der Waals surface area contributed by atoms with Crippen molar-refractivity contribution in [2.75, 3.05) is 6.54 Å². The highest BCUT2D eigenvalue weighted by Gasteiger charge is 2.22. The lowest BCUT2D eigenvalue weighted by atomic mass is 10.1. The lowest BCUT2D eigenvalue weighted by Gasteiger charge is -2.14. The Hall–Kier alpha value is -2.63. The highest BCUT2D eigenvalue weighted by atomic mass is 16.4. The molecule has 6 heteroatoms. The molecule has 0 spiro atoms. The maximum absolute atomic E-state index is 12.4. The van der Waals surface area contributed by atoms with Gasteiger partial charge in [-0.3, -0.25) is 9.48 Å². The molecular weight excluding hydrogens is 306 g/mol. The Bertz CT molecular complexity index is 733. The van der Waals surface area contributed by atoms with Crippen LogP contribution in [0.5, 0.6) is 0 Å². The number of nitrogens with one attached hydrogen (secondary N) is 1. The van der Waals surface area contributed by atoms with Crippen molar-refractivity contribution in [2.45, 2.75) is 38.1 Å². The summed E-state index contributed by atoms with van der Waals surface area (Å²) in [6.07, 6.45) is 6.78. The Morgan fingerprint density at radius 1 is 1.25 bits per heavy atom. The number of hydrogen-bond acceptors (Lipinski definition) is 3. The topological polar surface area (TPSA) is 84.2 Å². The predicted molar refractivity (Wildman–Crippen MR) is 89.2 cm³/mol. The van der Waals surface area contributed by atoms with Crippen LogP contribution in [0.3, 0.4) is 0 Å². The van der Waals surface area contributed by atoms with Crippen LogP contribution in [0.1, 0.15) is 58.1 Å². The number of aromatic nitrogens is 2. The summed E-state index contributed by atoms with van der Waals surface area (Å²) in [5.41, 5.74) is 1.75. The molecule has 1 saturated carbocycles. The lowest BCUT2D eigenvalue weighted by Crippen LogP contribution is -2.29. The molecule has 2 aromatic rings. The predicted octanol–water partition coefficient (Wildman–Crippen LogP) is 2.67. The summed E-state index contributed by atoms with van der Waals surface area (Å²) in [6.45, 7) is 0.456. The Labute approximate surface area is 140 Å². The van der Waals surface area contributed by atoms with E-state index in [1.807, 2.05) is 10.7 Å². The number of hydrogen-bond donors (Lipinski definition) is 2. The first kappa shape index (κ1) is 16.2. The van der Waals surface area contributed by atoms with Gasteiger partial charge >= 0.3 is 5.97 Å². The van der Waals surface area contributed by atoms with Crippen molar-refractivity contribution in [1.29, 1.82) is 0 Å². The zero-order valence-corrected chi connectivity index (χ0v) is 13.4. The van der Waals surface area contributed by atoms with Crippen LogP contribution in [0.25, 0.3) is 0 Å². The second-order valence-corrected chi connectivity index (χ2v) is 6.11. The van der Waals surface area contributed by atoms with Gasteiger partial charge in [0.1, 0.15) is 5.69 Å². The Balaban J connectivity index is 1.57. The van der Waals surface area contributed by atoms with Crippen molar-refractivity contribution in [2.24, 2.45) is 0 Å². The van der Waals surface area contributed by atoms with E-state index < -0.39 is 5.97 Å². The number of carbonyl (C=O) groups is 2. The molecule has 1 aliphatic rings.